The van der Waals surface area contributed by atoms with Crippen molar-refractivity contribution in [2.75, 3.05) is 32.7 Å². The van der Waals surface area contributed by atoms with Gasteiger partial charge in [-0.05, 0) is 31.6 Å². The lowest BCUT2D eigenvalue weighted by Crippen LogP contribution is -2.50. The molecule has 2 heterocycles. The normalized spacial score (nSPS) is 23.5. The Morgan fingerprint density at radius 1 is 0.786 bits per heavy atom. The highest BCUT2D eigenvalue weighted by atomic mass is 19.1. The molecule has 0 aromatic heterocycles. The molecule has 2 saturated carbocycles. The number of carbonyl (C=O) groups is 1. The van der Waals surface area contributed by atoms with Crippen LogP contribution in [0.15, 0.2) is 0 Å². The summed E-state index contributed by atoms with van der Waals surface area (Å²) in [4.78, 5) is 12.4. The summed E-state index contributed by atoms with van der Waals surface area (Å²) in [5.74, 6) is 1.29. The molecular formula is C23H48F2N2O. The van der Waals surface area contributed by atoms with Gasteiger partial charge in [-0.2, -0.15) is 0 Å². The van der Waals surface area contributed by atoms with E-state index in [-0.39, 0.29) is 22.3 Å². The third-order valence-corrected chi connectivity index (χ3v) is 5.73. The van der Waals surface area contributed by atoms with Crippen LogP contribution < -0.4 is 5.32 Å². The molecule has 2 aliphatic heterocycles. The molecular weight excluding hydrogens is 358 g/mol. The van der Waals surface area contributed by atoms with Crippen LogP contribution in [0, 0.1) is 11.8 Å². The Labute approximate surface area is 174 Å². The maximum absolute atomic E-state index is 12.5. The lowest BCUT2D eigenvalue weighted by atomic mass is 9.88. The van der Waals surface area contributed by atoms with E-state index in [4.69, 9.17) is 0 Å². The van der Waals surface area contributed by atoms with Crippen molar-refractivity contribution in [2.24, 2.45) is 11.8 Å². The first-order valence-electron chi connectivity index (χ1n) is 10.3. The molecule has 5 heteroatoms. The van der Waals surface area contributed by atoms with E-state index in [1.807, 2.05) is 0 Å². The van der Waals surface area contributed by atoms with Crippen LogP contribution in [0.1, 0.15) is 86.5 Å². The monoisotopic (exact) mass is 406 g/mol. The second-order valence-corrected chi connectivity index (χ2v) is 8.11. The van der Waals surface area contributed by atoms with E-state index in [2.05, 4.69) is 10.2 Å². The zero-order valence-corrected chi connectivity index (χ0v) is 15.6. The molecule has 0 spiro atoms. The second kappa shape index (κ2) is 17.3. The predicted octanol–water partition coefficient (Wildman–Crippen LogP) is 5.82. The number of nitrogens with one attached hydrogen (secondary N) is 1. The lowest BCUT2D eigenvalue weighted by Gasteiger charge is -2.37. The van der Waals surface area contributed by atoms with Crippen LogP contribution in [0.3, 0.4) is 0 Å². The minimum absolute atomic E-state index is 0. The maximum Gasteiger partial charge on any atom is 0.125 e. The minimum atomic E-state index is -0.546. The molecule has 4 aliphatic rings. The topological polar surface area (TPSA) is 32.3 Å². The first kappa shape index (κ1) is 29.6. The molecule has 170 valence electrons. The molecule has 2 aliphatic carbocycles. The summed E-state index contributed by atoms with van der Waals surface area (Å²) in [6, 6.07) is 0. The number of halogens is 2. The van der Waals surface area contributed by atoms with Crippen LogP contribution in [0.5, 0.6) is 0 Å². The van der Waals surface area contributed by atoms with E-state index in [1.165, 1.54) is 57.9 Å². The highest BCUT2D eigenvalue weighted by Gasteiger charge is 2.28. The van der Waals surface area contributed by atoms with Gasteiger partial charge in [-0.25, -0.2) is 8.78 Å². The number of alkyl halides is 2. The fraction of sp³-hybridized carbons (Fsp3) is 0.957. The fourth-order valence-electron chi connectivity index (χ4n) is 3.91. The average Bonchev–Trinajstić information content (AvgIpc) is 2.61. The molecule has 0 aromatic carbocycles. The highest BCUT2D eigenvalue weighted by molar-refractivity contribution is 5.53. The SMILES string of the molecule is C.C.C.FC1CN(CC2CCCCC2)C1.FC1CNC1.O=CC1CCCCC1. The minimum Gasteiger partial charge on any atom is -0.311 e. The van der Waals surface area contributed by atoms with Gasteiger partial charge in [0.15, 0.2) is 0 Å². The Bertz CT molecular complexity index is 349. The van der Waals surface area contributed by atoms with Gasteiger partial charge >= 0.3 is 0 Å². The summed E-state index contributed by atoms with van der Waals surface area (Å²) in [6.45, 7) is 3.72. The Morgan fingerprint density at radius 2 is 1.25 bits per heavy atom. The molecule has 0 bridgehead atoms. The van der Waals surface area contributed by atoms with Gasteiger partial charge in [-0.15, -0.1) is 0 Å². The van der Waals surface area contributed by atoms with Gasteiger partial charge in [-0.3, -0.25) is 4.90 Å². The van der Waals surface area contributed by atoms with Crippen molar-refractivity contribution in [3.05, 3.63) is 0 Å². The Morgan fingerprint density at radius 3 is 1.57 bits per heavy atom. The Kier molecular flexibility index (Phi) is 18.3. The van der Waals surface area contributed by atoms with Gasteiger partial charge in [0.1, 0.15) is 18.6 Å². The van der Waals surface area contributed by atoms with Gasteiger partial charge in [0.05, 0.1) is 0 Å². The van der Waals surface area contributed by atoms with Gasteiger partial charge in [0, 0.05) is 38.6 Å². The highest BCUT2D eigenvalue weighted by Crippen LogP contribution is 2.26. The number of aldehydes is 1. The molecule has 2 saturated heterocycles. The molecule has 0 radical (unpaired) electrons. The standard InChI is InChI=1S/C10H18FN.C7H12O.C3H6FN.3CH4/c11-10-7-12(8-10)6-9-4-2-1-3-5-9;8-6-7-4-2-1-3-5-7;4-3-1-5-2-3;;;/h9-10H,1-8H2;6-7H,1-5H2;3,5H,1-2H2;3*1H4. The third kappa shape index (κ3) is 12.1. The predicted molar refractivity (Wildman–Crippen MR) is 119 cm³/mol. The van der Waals surface area contributed by atoms with E-state index >= 15 is 0 Å². The van der Waals surface area contributed by atoms with Gasteiger partial charge in [-0.1, -0.05) is 60.8 Å². The maximum atomic E-state index is 12.5. The first-order valence-corrected chi connectivity index (χ1v) is 10.3. The molecule has 4 fully saturated rings. The number of hydrogen-bond donors (Lipinski definition) is 1. The quantitative estimate of drug-likeness (QED) is 0.599. The van der Waals surface area contributed by atoms with Crippen LogP contribution in [-0.4, -0.2) is 56.3 Å². The molecule has 3 nitrogen and oxygen atoms in total. The molecule has 0 amide bonds. The second-order valence-electron chi connectivity index (χ2n) is 8.11. The molecule has 4 rings (SSSR count). The van der Waals surface area contributed by atoms with E-state index in [1.54, 1.807) is 0 Å². The van der Waals surface area contributed by atoms with Gasteiger partial charge in [0.2, 0.25) is 0 Å². The zero-order chi connectivity index (χ0) is 17.9. The number of nitrogens with zero attached hydrogens (tertiary/aromatic N) is 1. The summed E-state index contributed by atoms with van der Waals surface area (Å²) < 4.78 is 23.9. The molecule has 1 N–H and O–H groups in total. The molecule has 0 unspecified atom stereocenters. The molecule has 28 heavy (non-hydrogen) atoms. The van der Waals surface area contributed by atoms with Gasteiger partial charge in [0.25, 0.3) is 0 Å². The average molecular weight is 407 g/mol. The van der Waals surface area contributed by atoms with Gasteiger partial charge < -0.3 is 10.1 Å². The number of carbonyl (C=O) groups excluding carboxylic acids is 1. The Balaban J connectivity index is 0. The summed E-state index contributed by atoms with van der Waals surface area (Å²) >= 11 is 0. The van der Waals surface area contributed by atoms with E-state index < -0.39 is 12.3 Å². The number of likely N-dealkylation sites (tertiary alicyclic amines) is 1. The van der Waals surface area contributed by atoms with Crippen LogP contribution in [0.2, 0.25) is 0 Å². The number of hydrogen-bond acceptors (Lipinski definition) is 3. The van der Waals surface area contributed by atoms with E-state index in [0.29, 0.717) is 32.1 Å². The smallest absolute Gasteiger partial charge is 0.125 e. The van der Waals surface area contributed by atoms with Crippen molar-refractivity contribution < 1.29 is 13.6 Å². The van der Waals surface area contributed by atoms with Crippen molar-refractivity contribution in [1.82, 2.24) is 10.2 Å². The van der Waals surface area contributed by atoms with Crippen molar-refractivity contribution >= 4 is 6.29 Å². The first-order chi connectivity index (χ1) is 12.2. The van der Waals surface area contributed by atoms with Crippen LogP contribution in [0.4, 0.5) is 8.78 Å². The third-order valence-electron chi connectivity index (χ3n) is 5.73. The van der Waals surface area contributed by atoms with Crippen molar-refractivity contribution in [2.45, 2.75) is 98.8 Å². The summed E-state index contributed by atoms with van der Waals surface area (Å²) in [5.41, 5.74) is 0. The summed E-state index contributed by atoms with van der Waals surface area (Å²) in [6.07, 6.45) is 13.2. The van der Waals surface area contributed by atoms with Crippen molar-refractivity contribution in [1.29, 1.82) is 0 Å². The fourth-order valence-corrected chi connectivity index (χ4v) is 3.91. The Hall–Kier alpha value is -0.550. The van der Waals surface area contributed by atoms with E-state index in [0.717, 1.165) is 25.0 Å². The summed E-state index contributed by atoms with van der Waals surface area (Å²) in [7, 11) is 0. The molecule has 0 aromatic rings. The van der Waals surface area contributed by atoms with E-state index in [9.17, 15) is 13.6 Å². The van der Waals surface area contributed by atoms with Crippen molar-refractivity contribution in [3.63, 3.8) is 0 Å². The summed E-state index contributed by atoms with van der Waals surface area (Å²) in [5, 5.41) is 2.79. The van der Waals surface area contributed by atoms with Crippen LogP contribution in [0.25, 0.3) is 0 Å². The zero-order valence-electron chi connectivity index (χ0n) is 15.6. The molecule has 0 atom stereocenters. The lowest BCUT2D eigenvalue weighted by molar-refractivity contribution is -0.111. The largest absolute Gasteiger partial charge is 0.311 e. The number of rotatable bonds is 3. The van der Waals surface area contributed by atoms with Crippen LogP contribution >= 0.6 is 0 Å². The van der Waals surface area contributed by atoms with Crippen molar-refractivity contribution in [3.8, 4) is 0 Å². The van der Waals surface area contributed by atoms with Crippen LogP contribution in [-0.2, 0) is 4.79 Å².